The third-order valence-corrected chi connectivity index (χ3v) is 21.0. The van der Waals surface area contributed by atoms with Crippen molar-refractivity contribution in [2.24, 2.45) is 29.0 Å². The van der Waals surface area contributed by atoms with Crippen LogP contribution in [0.1, 0.15) is 162 Å². The minimum atomic E-state index is -1.92. The van der Waals surface area contributed by atoms with E-state index in [4.69, 9.17) is 32.1 Å². The van der Waals surface area contributed by atoms with Crippen LogP contribution in [-0.4, -0.2) is 256 Å². The molecule has 0 saturated carbocycles. The number of hydrazine groups is 1. The number of aromatic hydroxyl groups is 2. The number of nitrogens with one attached hydrogen (secondary N) is 20. The summed E-state index contributed by atoms with van der Waals surface area (Å²) in [5.74, 6) is -22.1. The van der Waals surface area contributed by atoms with Gasteiger partial charge >= 0.3 is 23.9 Å². The summed E-state index contributed by atoms with van der Waals surface area (Å²) in [5, 5.41) is 82.7. The normalized spacial score (nSPS) is 15.1. The summed E-state index contributed by atoms with van der Waals surface area (Å²) in [5.41, 5.74) is 19.6. The van der Waals surface area contributed by atoms with Crippen molar-refractivity contribution in [1.29, 1.82) is 5.41 Å². The van der Waals surface area contributed by atoms with Crippen LogP contribution in [0.3, 0.4) is 0 Å². The number of aliphatic carboxylic acids is 2. The van der Waals surface area contributed by atoms with Gasteiger partial charge in [0.1, 0.15) is 102 Å². The van der Waals surface area contributed by atoms with Gasteiger partial charge in [0, 0.05) is 79.0 Å². The van der Waals surface area contributed by atoms with Crippen molar-refractivity contribution in [3.63, 3.8) is 0 Å². The molecule has 0 bridgehead atoms. The van der Waals surface area contributed by atoms with Gasteiger partial charge in [0.05, 0.1) is 42.6 Å². The summed E-state index contributed by atoms with van der Waals surface area (Å²) in [7, 11) is 0. The van der Waals surface area contributed by atoms with Gasteiger partial charge < -0.3 is 137 Å². The van der Waals surface area contributed by atoms with Crippen molar-refractivity contribution in [2.45, 2.75) is 211 Å². The number of urea groups is 1. The maximum atomic E-state index is 14.3. The molecule has 2 aromatic heterocycles. The number of rotatable bonds is 48. The number of nitrogens with zero attached hydrogens (tertiary/aromatic N) is 2. The zero-order valence-electron chi connectivity index (χ0n) is 73.5. The molecule has 0 aliphatic carbocycles. The number of aromatic amines is 2. The highest BCUT2D eigenvalue weighted by Crippen LogP contribution is 2.57. The number of carboxylic acid groups (broad SMARTS) is 2. The van der Waals surface area contributed by atoms with E-state index in [1.165, 1.54) is 114 Å². The van der Waals surface area contributed by atoms with Gasteiger partial charge in [-0.15, -0.1) is 0 Å². The molecule has 5 aromatic rings. The lowest BCUT2D eigenvalue weighted by atomic mass is 9.77. The number of carbonyl (C=O) groups is 20. The maximum Gasteiger partial charge on any atom is 0.340 e. The number of esters is 1. The Morgan fingerprint density at radius 3 is 1.44 bits per heavy atom. The number of amides is 18. The molecular weight excluding hydrogens is 1750 g/mol. The SMILES string of the molecule is CC[C@H](C)[C@H](NC(=O)NNC(=O)[C@H](C)NC(=O)[C@H](Cc1c[nH]cn1)NC(=O)[C@H](C)NC(=O)[C@H](C)NC(=O)[C@H](Cc1c[nH]cn1)NC(=O)[C@@H](NC(=O)[C@H](C)NC(=O)[C@H](CCC(N)=O)NC(=O)c1ccc2c(c1)C(=O)OC21c2ccc(O)cc2Oc2cc(O)ccc21)C(C)C)C(=O)N[C@@H](CC(N)=O)C(=O)N[C@@H](CCC(=O)O)C(=O)N[C@@H](C)C(=O)NCC(=O)N[C@@H](CCCNC(=N)N)C(=O)O. The summed E-state index contributed by atoms with van der Waals surface area (Å²) in [6, 6.07) is -9.18. The summed E-state index contributed by atoms with van der Waals surface area (Å²) in [6.07, 6.45) is 1.77. The minimum Gasteiger partial charge on any atom is -0.508 e. The van der Waals surface area contributed by atoms with Crippen LogP contribution < -0.4 is 113 Å². The first kappa shape index (κ1) is 104. The van der Waals surface area contributed by atoms with Crippen molar-refractivity contribution in [3.05, 3.63) is 119 Å². The van der Waals surface area contributed by atoms with E-state index >= 15 is 0 Å². The number of nitrogens with two attached hydrogens (primary N) is 3. The van der Waals surface area contributed by atoms with E-state index in [1.54, 1.807) is 20.8 Å². The first-order chi connectivity index (χ1) is 62.7. The van der Waals surface area contributed by atoms with Gasteiger partial charge in [0.15, 0.2) is 11.6 Å². The monoisotopic (exact) mass is 1860 g/mol. The molecule has 51 heteroatoms. The number of aromatic nitrogens is 4. The summed E-state index contributed by atoms with van der Waals surface area (Å²) >= 11 is 0. The predicted octanol–water partition coefficient (Wildman–Crippen LogP) is -6.00. The molecule has 718 valence electrons. The number of benzene rings is 3. The zero-order valence-corrected chi connectivity index (χ0v) is 73.5. The molecule has 2 aliphatic heterocycles. The van der Waals surface area contributed by atoms with E-state index in [1.807, 2.05) is 5.43 Å². The number of hydrogen-bond acceptors (Lipinski definition) is 27. The molecule has 133 heavy (non-hydrogen) atoms. The molecule has 4 heterocycles. The van der Waals surface area contributed by atoms with Crippen molar-refractivity contribution < 1.29 is 126 Å². The van der Waals surface area contributed by atoms with Gasteiger partial charge in [-0.1, -0.05) is 40.2 Å². The Bertz CT molecular complexity index is 5150. The van der Waals surface area contributed by atoms with Crippen LogP contribution in [0.15, 0.2) is 79.6 Å². The molecule has 2 aliphatic rings. The van der Waals surface area contributed by atoms with E-state index in [2.05, 4.69) is 105 Å². The summed E-state index contributed by atoms with van der Waals surface area (Å²) in [6.45, 7) is 11.6. The second-order valence-electron chi connectivity index (χ2n) is 31.7. The number of guanidine groups is 1. The lowest BCUT2D eigenvalue weighted by molar-refractivity contribution is -0.142. The molecule has 7 rings (SSSR count). The summed E-state index contributed by atoms with van der Waals surface area (Å²) in [4.78, 5) is 282. The number of imidazole rings is 2. The number of primary amides is 2. The van der Waals surface area contributed by atoms with Crippen molar-refractivity contribution in [2.75, 3.05) is 13.1 Å². The van der Waals surface area contributed by atoms with Gasteiger partial charge in [-0.05, 0) is 109 Å². The van der Waals surface area contributed by atoms with Crippen LogP contribution in [0.4, 0.5) is 4.79 Å². The fraction of sp³-hybridized carbons (Fsp3) is 0.451. The Hall–Kier alpha value is -16.1. The second kappa shape index (κ2) is 47.8. The van der Waals surface area contributed by atoms with E-state index in [0.29, 0.717) is 11.1 Å². The van der Waals surface area contributed by atoms with Crippen LogP contribution in [0.25, 0.3) is 0 Å². The Kier molecular flexibility index (Phi) is 37.4. The van der Waals surface area contributed by atoms with E-state index in [9.17, 15) is 116 Å². The average Bonchev–Trinajstić information content (AvgIpc) is 1.57. The van der Waals surface area contributed by atoms with Gasteiger partial charge in [0.2, 0.25) is 82.7 Å². The van der Waals surface area contributed by atoms with Gasteiger partial charge in [-0.3, -0.25) is 92.3 Å². The number of carbonyl (C=O) groups excluding carboxylic acids is 18. The Balaban J connectivity index is 0.912. The molecule has 18 amide bonds. The molecule has 0 unspecified atom stereocenters. The molecule has 3 aromatic carbocycles. The van der Waals surface area contributed by atoms with Crippen LogP contribution in [0.5, 0.6) is 23.0 Å². The third-order valence-electron chi connectivity index (χ3n) is 21.0. The number of H-pyrrole nitrogens is 2. The highest BCUT2D eigenvalue weighted by Gasteiger charge is 2.54. The molecular formula is C82H109N25O26. The fourth-order valence-corrected chi connectivity index (χ4v) is 13.5. The number of ether oxygens (including phenoxy) is 2. The Labute approximate surface area is 757 Å². The Morgan fingerprint density at radius 2 is 0.940 bits per heavy atom. The minimum absolute atomic E-state index is 0.0744. The first-order valence-corrected chi connectivity index (χ1v) is 41.8. The maximum absolute atomic E-state index is 14.3. The lowest BCUT2D eigenvalue weighted by Crippen LogP contribution is -2.61. The van der Waals surface area contributed by atoms with Crippen LogP contribution in [0.2, 0.25) is 0 Å². The second-order valence-corrected chi connectivity index (χ2v) is 31.7. The van der Waals surface area contributed by atoms with Crippen LogP contribution in [-0.2, 0) is 105 Å². The van der Waals surface area contributed by atoms with Gasteiger partial charge in [-0.25, -0.2) is 29.8 Å². The van der Waals surface area contributed by atoms with E-state index in [-0.39, 0.29) is 102 Å². The topological polar surface area (TPSA) is 805 Å². The molecule has 51 nitrogen and oxygen atoms in total. The van der Waals surface area contributed by atoms with Crippen LogP contribution >= 0.6 is 0 Å². The molecule has 1 spiro atoms. The average molecular weight is 1860 g/mol. The zero-order chi connectivity index (χ0) is 98.6. The van der Waals surface area contributed by atoms with Gasteiger partial charge in [-0.2, -0.15) is 0 Å². The molecule has 14 atom stereocenters. The molecule has 30 N–H and O–H groups in total. The number of carboxylic acids is 2. The highest BCUT2D eigenvalue weighted by molar-refractivity contribution is 6.05. The molecule has 0 fully saturated rings. The van der Waals surface area contributed by atoms with Crippen LogP contribution in [0, 0.1) is 17.2 Å². The third kappa shape index (κ3) is 29.8. The number of phenols is 2. The molecule has 0 saturated heterocycles. The number of hydrogen-bond donors (Lipinski definition) is 27. The van der Waals surface area contributed by atoms with E-state index < -0.39 is 247 Å². The first-order valence-electron chi connectivity index (χ1n) is 41.8. The summed E-state index contributed by atoms with van der Waals surface area (Å²) < 4.78 is 12.1. The predicted molar refractivity (Wildman–Crippen MR) is 460 cm³/mol. The molecule has 0 radical (unpaired) electrons. The largest absolute Gasteiger partial charge is 0.508 e. The van der Waals surface area contributed by atoms with Crippen molar-refractivity contribution in [1.82, 2.24) is 111 Å². The Morgan fingerprint density at radius 1 is 0.474 bits per heavy atom. The fourth-order valence-electron chi connectivity index (χ4n) is 13.5. The lowest BCUT2D eigenvalue weighted by Gasteiger charge is -2.36. The highest BCUT2D eigenvalue weighted by atomic mass is 16.6. The number of phenolic OH excluding ortho intramolecular Hbond substituents is 2. The van der Waals surface area contributed by atoms with Gasteiger partial charge in [0.25, 0.3) is 11.8 Å². The quantitative estimate of drug-likeness (QED) is 0.00567. The smallest absolute Gasteiger partial charge is 0.340 e. The van der Waals surface area contributed by atoms with Crippen molar-refractivity contribution >= 4 is 124 Å². The van der Waals surface area contributed by atoms with Crippen molar-refractivity contribution in [3.8, 4) is 23.0 Å². The van der Waals surface area contributed by atoms with E-state index in [0.717, 1.165) is 6.92 Å². The standard InChI is InChI=1S/C82H109N25O26/c1-10-36(4)64(77(127)103-56(29-60(84)111)75(125)100-52(20-22-62(113)114)72(122)94-37(5)65(115)90-32-61(112)98-53(78(128)129)12-11-23-89-80(85)86)105-81(131)107-106-69(119)41(9)97-73(123)54(25-43-30-87-33-91-43)101-67(117)39(7)93-66(116)38(6)96-74(124)55(26-44-31-88-34-92-44)102-76(126)63(35(2)3)104-68(118)40(8)95-71(121)51(19-21-59(83)110)99-70(120)42-13-16-48-47(24-42)79(130)133-82(48)49-17-14-45(108)27-57(49)132-58-28-46(109)15-18-50(58)82/h13-18,24,27-28,30-31,33-41,51-56,63-64,108-109H,10-12,19-23,25-26,29,32H2,1-9H3,(H2,83,110)(H2,84,111)(H,87,91)(H,88,92)(H,90,115)(H,93,116)(H,94,122)(H,95,121)(H,96,124)(H,97,123)(H,98,112)(H,99,120)(H,100,125)(H,101,117)(H,102,126)(H,103,127)(H,104,118)(H,106,119)(H,113,114)(H,128,129)(H4,85,86,89)(H2,105,107,131)/t36-,37-,38-,39-,40-,41-,51-,52-,53-,54-,55-,56-,63-,64-/m0/s1. The number of fused-ring (bicyclic) bond motifs is 6.